The highest BCUT2D eigenvalue weighted by molar-refractivity contribution is 7.86. The second kappa shape index (κ2) is 8.84. The molecule has 2 saturated heterocycles. The van der Waals surface area contributed by atoms with Crippen LogP contribution in [0.25, 0.3) is 0 Å². The van der Waals surface area contributed by atoms with Crippen molar-refractivity contribution in [3.05, 3.63) is 29.3 Å². The Bertz CT molecular complexity index is 1110. The quantitative estimate of drug-likeness (QED) is 0.435. The highest BCUT2D eigenvalue weighted by Crippen LogP contribution is 2.31. The van der Waals surface area contributed by atoms with Crippen LogP contribution in [0.5, 0.6) is 0 Å². The zero-order chi connectivity index (χ0) is 23.9. The van der Waals surface area contributed by atoms with Crippen LogP contribution < -0.4 is 10.2 Å². The van der Waals surface area contributed by atoms with Gasteiger partial charge in [0.25, 0.3) is 21.9 Å². The molecule has 12 heteroatoms. The number of ether oxygens (including phenoxy) is 1. The Morgan fingerprint density at radius 2 is 1.76 bits per heavy atom. The van der Waals surface area contributed by atoms with Gasteiger partial charge in [0, 0.05) is 25.2 Å². The minimum absolute atomic E-state index is 0.0646. The summed E-state index contributed by atoms with van der Waals surface area (Å²) in [6.07, 6.45) is 1.28. The first kappa shape index (κ1) is 23.3. The summed E-state index contributed by atoms with van der Waals surface area (Å²) in [5.74, 6) is -2.17. The van der Waals surface area contributed by atoms with Gasteiger partial charge >= 0.3 is 0 Å². The van der Waals surface area contributed by atoms with E-state index >= 15 is 0 Å². The number of fused-ring (bicyclic) bond motifs is 1. The van der Waals surface area contributed by atoms with Gasteiger partial charge in [-0.25, -0.2) is 0 Å². The fourth-order valence-corrected chi connectivity index (χ4v) is 4.54. The van der Waals surface area contributed by atoms with Crippen molar-refractivity contribution in [3.8, 4) is 0 Å². The lowest BCUT2D eigenvalue weighted by molar-refractivity contribution is -0.136. The van der Waals surface area contributed by atoms with Crippen molar-refractivity contribution in [2.75, 3.05) is 24.6 Å². The maximum Gasteiger partial charge on any atom is 0.269 e. The number of rotatable bonds is 6. The molecule has 0 radical (unpaired) electrons. The van der Waals surface area contributed by atoms with E-state index in [1.54, 1.807) is 18.2 Å². The Hall–Kier alpha value is -2.83. The van der Waals surface area contributed by atoms with E-state index in [1.165, 1.54) is 6.92 Å². The summed E-state index contributed by atoms with van der Waals surface area (Å²) in [5.41, 5.74) is 1.21. The van der Waals surface area contributed by atoms with Gasteiger partial charge in [-0.2, -0.15) is 8.42 Å². The topological polar surface area (TPSA) is 150 Å². The molecule has 178 valence electrons. The third kappa shape index (κ3) is 4.63. The number of nitrogens with one attached hydrogen (secondary N) is 1. The van der Waals surface area contributed by atoms with Crippen LogP contribution in [0, 0.1) is 0 Å². The molecular weight excluding hydrogens is 454 g/mol. The van der Waals surface area contributed by atoms with Gasteiger partial charge in [0.15, 0.2) is 0 Å². The highest BCUT2D eigenvalue weighted by Gasteiger charge is 2.44. The van der Waals surface area contributed by atoms with Crippen molar-refractivity contribution in [2.45, 2.75) is 50.0 Å². The van der Waals surface area contributed by atoms with Crippen molar-refractivity contribution >= 4 is 39.4 Å². The van der Waals surface area contributed by atoms with E-state index in [4.69, 9.17) is 9.29 Å². The molecule has 0 spiro atoms. The first-order chi connectivity index (χ1) is 15.6. The van der Waals surface area contributed by atoms with E-state index in [0.717, 1.165) is 10.6 Å². The van der Waals surface area contributed by atoms with Crippen LogP contribution in [0.3, 0.4) is 0 Å². The van der Waals surface area contributed by atoms with E-state index in [9.17, 15) is 27.6 Å². The van der Waals surface area contributed by atoms with Gasteiger partial charge in [-0.3, -0.25) is 33.9 Å². The van der Waals surface area contributed by atoms with Gasteiger partial charge < -0.3 is 9.64 Å². The molecule has 3 heterocycles. The summed E-state index contributed by atoms with van der Waals surface area (Å²) in [7, 11) is -4.13. The smallest absolute Gasteiger partial charge is 0.269 e. The van der Waals surface area contributed by atoms with Gasteiger partial charge in [0.05, 0.1) is 23.8 Å². The number of piperidine rings is 2. The van der Waals surface area contributed by atoms with Gasteiger partial charge in [0.2, 0.25) is 11.8 Å². The Balaban J connectivity index is 1.41. The second-order valence-corrected chi connectivity index (χ2v) is 10.4. The molecule has 2 N–H and O–H groups in total. The molecule has 1 aromatic rings. The standard InChI is InChI=1S/C21H25N3O8S/c1-12(33(29,30)31)11-32-14-6-8-23(9-7-14)13-2-3-15-16(10-13)21(28)24(20(15)27)17-4-5-18(25)22-19(17)26/h2-3,10,12,14,17H,4-9,11H2,1H3,(H,22,25,26)(H,29,30,31). The Labute approximate surface area is 190 Å². The number of anilines is 1. The van der Waals surface area contributed by atoms with Crippen LogP contribution >= 0.6 is 0 Å². The SMILES string of the molecule is CC(COC1CCN(c2ccc3c(c2)C(=O)N(C2CCC(=O)NC2=O)C3=O)CC1)S(=O)(=O)O. The van der Waals surface area contributed by atoms with E-state index < -0.39 is 45.0 Å². The van der Waals surface area contributed by atoms with Crippen LogP contribution in [0.4, 0.5) is 5.69 Å². The predicted octanol–water partition coefficient (Wildman–Crippen LogP) is 0.350. The van der Waals surface area contributed by atoms with Crippen molar-refractivity contribution in [1.82, 2.24) is 10.2 Å². The average Bonchev–Trinajstić information content (AvgIpc) is 3.01. The molecule has 3 aliphatic rings. The number of hydrogen-bond acceptors (Lipinski definition) is 8. The van der Waals surface area contributed by atoms with Crippen LogP contribution in [-0.2, 0) is 24.4 Å². The molecule has 33 heavy (non-hydrogen) atoms. The van der Waals surface area contributed by atoms with Crippen molar-refractivity contribution in [1.29, 1.82) is 0 Å². The van der Waals surface area contributed by atoms with E-state index in [-0.39, 0.29) is 36.7 Å². The minimum Gasteiger partial charge on any atom is -0.377 e. The number of imide groups is 2. The number of carbonyl (C=O) groups excluding carboxylic acids is 4. The van der Waals surface area contributed by atoms with Crippen LogP contribution in [0.15, 0.2) is 18.2 Å². The molecule has 2 unspecified atom stereocenters. The molecule has 0 bridgehead atoms. The molecule has 0 saturated carbocycles. The zero-order valence-corrected chi connectivity index (χ0v) is 18.8. The third-order valence-electron chi connectivity index (χ3n) is 6.31. The normalized spacial score (nSPS) is 23.0. The fourth-order valence-electron chi connectivity index (χ4n) is 4.29. The molecule has 2 fully saturated rings. The number of carbonyl (C=O) groups is 4. The Morgan fingerprint density at radius 3 is 2.39 bits per heavy atom. The van der Waals surface area contributed by atoms with Gasteiger partial charge in [-0.15, -0.1) is 0 Å². The predicted molar refractivity (Wildman–Crippen MR) is 115 cm³/mol. The Kier molecular flexibility index (Phi) is 6.25. The minimum atomic E-state index is -4.13. The maximum absolute atomic E-state index is 13.0. The summed E-state index contributed by atoms with van der Waals surface area (Å²) in [5, 5.41) is 1.18. The molecule has 4 rings (SSSR count). The zero-order valence-electron chi connectivity index (χ0n) is 18.0. The first-order valence-corrected chi connectivity index (χ1v) is 12.2. The third-order valence-corrected chi connectivity index (χ3v) is 7.46. The molecule has 1 aromatic carbocycles. The summed E-state index contributed by atoms with van der Waals surface area (Å²) in [6.45, 7) is 2.49. The fraction of sp³-hybridized carbons (Fsp3) is 0.524. The van der Waals surface area contributed by atoms with Crippen LogP contribution in [0.1, 0.15) is 53.3 Å². The number of hydrogen-bond donors (Lipinski definition) is 2. The molecule has 11 nitrogen and oxygen atoms in total. The summed E-state index contributed by atoms with van der Waals surface area (Å²) in [4.78, 5) is 52.4. The largest absolute Gasteiger partial charge is 0.377 e. The Morgan fingerprint density at radius 1 is 1.09 bits per heavy atom. The summed E-state index contributed by atoms with van der Waals surface area (Å²) in [6, 6.07) is 3.96. The lowest BCUT2D eigenvalue weighted by atomic mass is 10.0. The number of amides is 4. The van der Waals surface area contributed by atoms with E-state index in [2.05, 4.69) is 5.32 Å². The van der Waals surface area contributed by atoms with Crippen molar-refractivity contribution in [3.63, 3.8) is 0 Å². The van der Waals surface area contributed by atoms with Gasteiger partial charge in [-0.1, -0.05) is 0 Å². The van der Waals surface area contributed by atoms with Gasteiger partial charge in [0.1, 0.15) is 11.3 Å². The maximum atomic E-state index is 13.0. The summed E-state index contributed by atoms with van der Waals surface area (Å²) < 4.78 is 36.9. The summed E-state index contributed by atoms with van der Waals surface area (Å²) >= 11 is 0. The molecule has 0 aliphatic carbocycles. The molecule has 0 aromatic heterocycles. The lowest BCUT2D eigenvalue weighted by Gasteiger charge is -2.34. The second-order valence-electron chi connectivity index (χ2n) is 8.52. The molecular formula is C21H25N3O8S. The molecule has 2 atom stereocenters. The highest BCUT2D eigenvalue weighted by atomic mass is 32.2. The van der Waals surface area contributed by atoms with E-state index in [0.29, 0.717) is 25.9 Å². The monoisotopic (exact) mass is 479 g/mol. The van der Waals surface area contributed by atoms with Gasteiger partial charge in [-0.05, 0) is 44.4 Å². The number of nitrogens with zero attached hydrogens (tertiary/aromatic N) is 2. The molecule has 4 amide bonds. The van der Waals surface area contributed by atoms with Crippen molar-refractivity contribution < 1.29 is 36.9 Å². The lowest BCUT2D eigenvalue weighted by Crippen LogP contribution is -2.54. The first-order valence-electron chi connectivity index (χ1n) is 10.7. The average molecular weight is 480 g/mol. The van der Waals surface area contributed by atoms with Crippen LogP contribution in [0.2, 0.25) is 0 Å². The van der Waals surface area contributed by atoms with Crippen LogP contribution in [-0.4, -0.2) is 78.6 Å². The number of benzene rings is 1. The van der Waals surface area contributed by atoms with E-state index in [1.807, 2.05) is 4.90 Å². The molecule has 3 aliphatic heterocycles. The van der Waals surface area contributed by atoms with Crippen molar-refractivity contribution in [2.24, 2.45) is 0 Å².